The lowest BCUT2D eigenvalue weighted by molar-refractivity contribution is 0.145. The number of hydrogen-bond donors (Lipinski definition) is 2. The highest BCUT2D eigenvalue weighted by Gasteiger charge is 2.25. The summed E-state index contributed by atoms with van der Waals surface area (Å²) < 4.78 is 5.26. The molecule has 0 bridgehead atoms. The van der Waals surface area contributed by atoms with E-state index in [0.717, 1.165) is 30.8 Å². The zero-order valence-corrected chi connectivity index (χ0v) is 19.9. The second-order valence-electron chi connectivity index (χ2n) is 7.74. The molecule has 0 fully saturated rings. The maximum absolute atomic E-state index is 6.20. The highest BCUT2D eigenvalue weighted by Crippen LogP contribution is 2.23. The van der Waals surface area contributed by atoms with Gasteiger partial charge in [0.15, 0.2) is 5.96 Å². The van der Waals surface area contributed by atoms with Crippen molar-refractivity contribution in [3.8, 4) is 0 Å². The second-order valence-corrected chi connectivity index (χ2v) is 7.74. The number of ether oxygens (including phenoxy) is 1. The van der Waals surface area contributed by atoms with E-state index in [1.807, 2.05) is 24.3 Å². The molecule has 0 saturated heterocycles. The summed E-state index contributed by atoms with van der Waals surface area (Å²) in [6.45, 7) is 7.80. The Bertz CT molecular complexity index is 809. The molecule has 1 aliphatic heterocycles. The van der Waals surface area contributed by atoms with E-state index < -0.39 is 0 Å². The summed E-state index contributed by atoms with van der Waals surface area (Å²) in [6, 6.07) is 17.1. The third kappa shape index (κ3) is 6.42. The zero-order chi connectivity index (χ0) is 19.9. The molecule has 0 saturated carbocycles. The van der Waals surface area contributed by atoms with Gasteiger partial charge in [-0.25, -0.2) is 0 Å². The molecule has 2 aromatic rings. The fourth-order valence-electron chi connectivity index (χ4n) is 3.84. The van der Waals surface area contributed by atoms with Gasteiger partial charge in [-0.15, -0.1) is 24.0 Å². The molecule has 0 aliphatic carbocycles. The van der Waals surface area contributed by atoms with Crippen LogP contribution in [0.5, 0.6) is 0 Å². The number of methoxy groups -OCH3 is 1. The third-order valence-corrected chi connectivity index (χ3v) is 5.43. The quantitative estimate of drug-likeness (QED) is 0.334. The number of para-hydroxylation sites is 1. The number of hydrogen-bond acceptors (Lipinski definition) is 3. The Morgan fingerprint density at radius 1 is 1.14 bits per heavy atom. The topological polar surface area (TPSA) is 62.9 Å². The van der Waals surface area contributed by atoms with E-state index in [0.29, 0.717) is 31.1 Å². The van der Waals surface area contributed by atoms with Gasteiger partial charge in [0.05, 0.1) is 13.2 Å². The fourth-order valence-corrected chi connectivity index (χ4v) is 3.84. The standard InChI is InChI=1S/C23H32N4O.HI/c1-17(2)22(27-13-12-18-8-4-5-9-19(18)15-27)14-25-23(24)26-21-11-7-6-10-20(21)16-28-3;/h4-11,17,22H,12-16H2,1-3H3,(H3,24,25,26);1H. The largest absolute Gasteiger partial charge is 0.380 e. The Kier molecular flexibility index (Phi) is 9.39. The summed E-state index contributed by atoms with van der Waals surface area (Å²) in [5, 5.41) is 3.24. The van der Waals surface area contributed by atoms with E-state index in [9.17, 15) is 0 Å². The normalized spacial score (nSPS) is 15.5. The molecule has 1 atom stereocenters. The van der Waals surface area contributed by atoms with E-state index >= 15 is 0 Å². The number of halogens is 1. The molecule has 3 rings (SSSR count). The average molecular weight is 508 g/mol. The van der Waals surface area contributed by atoms with Gasteiger partial charge in [0.1, 0.15) is 0 Å². The van der Waals surface area contributed by atoms with E-state index in [2.05, 4.69) is 53.3 Å². The van der Waals surface area contributed by atoms with E-state index in [1.165, 1.54) is 11.1 Å². The van der Waals surface area contributed by atoms with E-state index in [4.69, 9.17) is 10.5 Å². The van der Waals surface area contributed by atoms with Crippen LogP contribution in [-0.4, -0.2) is 37.1 Å². The molecule has 1 aliphatic rings. The molecule has 158 valence electrons. The van der Waals surface area contributed by atoms with Gasteiger partial charge in [-0.1, -0.05) is 56.3 Å². The van der Waals surface area contributed by atoms with Gasteiger partial charge in [-0.3, -0.25) is 9.89 Å². The lowest BCUT2D eigenvalue weighted by atomic mass is 9.95. The Labute approximate surface area is 191 Å². The molecule has 0 radical (unpaired) electrons. The summed E-state index contributed by atoms with van der Waals surface area (Å²) in [5.41, 5.74) is 11.1. The van der Waals surface area contributed by atoms with Crippen molar-refractivity contribution in [3.63, 3.8) is 0 Å². The number of rotatable bonds is 7. The smallest absolute Gasteiger partial charge is 0.193 e. The minimum Gasteiger partial charge on any atom is -0.380 e. The van der Waals surface area contributed by atoms with Crippen LogP contribution in [0.25, 0.3) is 0 Å². The summed E-state index contributed by atoms with van der Waals surface area (Å²) in [6.07, 6.45) is 1.10. The Balaban J connectivity index is 0.00000300. The van der Waals surface area contributed by atoms with Crippen molar-refractivity contribution < 1.29 is 4.74 Å². The molecular formula is C23H33IN4O. The minimum absolute atomic E-state index is 0. The third-order valence-electron chi connectivity index (χ3n) is 5.43. The van der Waals surface area contributed by atoms with Gasteiger partial charge in [0, 0.05) is 37.5 Å². The van der Waals surface area contributed by atoms with Crippen LogP contribution < -0.4 is 11.1 Å². The van der Waals surface area contributed by atoms with Crippen molar-refractivity contribution in [2.45, 2.75) is 39.5 Å². The lowest BCUT2D eigenvalue weighted by Crippen LogP contribution is -2.44. The molecule has 5 nitrogen and oxygen atoms in total. The Hall–Kier alpha value is -1.64. The first-order valence-corrected chi connectivity index (χ1v) is 10.0. The van der Waals surface area contributed by atoms with Crippen molar-refractivity contribution in [1.29, 1.82) is 0 Å². The van der Waals surface area contributed by atoms with Crippen molar-refractivity contribution in [2.24, 2.45) is 16.6 Å². The summed E-state index contributed by atoms with van der Waals surface area (Å²) in [5.74, 6) is 0.953. The van der Waals surface area contributed by atoms with E-state index in [1.54, 1.807) is 7.11 Å². The minimum atomic E-state index is 0. The van der Waals surface area contributed by atoms with Crippen LogP contribution >= 0.6 is 24.0 Å². The molecule has 1 heterocycles. The molecule has 2 aromatic carbocycles. The van der Waals surface area contributed by atoms with Gasteiger partial charge in [0.25, 0.3) is 0 Å². The first kappa shape index (κ1) is 23.6. The molecular weight excluding hydrogens is 475 g/mol. The van der Waals surface area contributed by atoms with Gasteiger partial charge in [-0.05, 0) is 29.5 Å². The number of nitrogens with zero attached hydrogens (tertiary/aromatic N) is 2. The lowest BCUT2D eigenvalue weighted by Gasteiger charge is -2.37. The molecule has 29 heavy (non-hydrogen) atoms. The summed E-state index contributed by atoms with van der Waals surface area (Å²) in [4.78, 5) is 7.22. The van der Waals surface area contributed by atoms with E-state index in [-0.39, 0.29) is 24.0 Å². The van der Waals surface area contributed by atoms with Gasteiger partial charge in [0.2, 0.25) is 0 Å². The van der Waals surface area contributed by atoms with Gasteiger partial charge < -0.3 is 15.8 Å². The number of anilines is 1. The molecule has 3 N–H and O–H groups in total. The molecule has 0 amide bonds. The average Bonchev–Trinajstić information content (AvgIpc) is 2.69. The van der Waals surface area contributed by atoms with Crippen LogP contribution in [0.2, 0.25) is 0 Å². The van der Waals surface area contributed by atoms with Crippen LogP contribution in [-0.2, 0) is 24.3 Å². The first-order chi connectivity index (χ1) is 13.6. The highest BCUT2D eigenvalue weighted by molar-refractivity contribution is 14.0. The van der Waals surface area contributed by atoms with Gasteiger partial charge in [-0.2, -0.15) is 0 Å². The molecule has 0 spiro atoms. The number of benzene rings is 2. The monoisotopic (exact) mass is 508 g/mol. The number of fused-ring (bicyclic) bond motifs is 1. The highest BCUT2D eigenvalue weighted by atomic mass is 127. The van der Waals surface area contributed by atoms with Crippen LogP contribution in [0.1, 0.15) is 30.5 Å². The SMILES string of the molecule is COCc1ccccc1NC(N)=NCC(C(C)C)N1CCc2ccccc2C1.I. The number of aliphatic imine (C=N–C) groups is 1. The molecule has 0 aromatic heterocycles. The van der Waals surface area contributed by atoms with Crippen molar-refractivity contribution in [2.75, 3.05) is 25.5 Å². The summed E-state index contributed by atoms with van der Waals surface area (Å²) >= 11 is 0. The van der Waals surface area contributed by atoms with Crippen LogP contribution in [0.4, 0.5) is 5.69 Å². The fraction of sp³-hybridized carbons (Fsp3) is 0.435. The Morgan fingerprint density at radius 3 is 2.55 bits per heavy atom. The Morgan fingerprint density at radius 2 is 1.83 bits per heavy atom. The predicted octanol–water partition coefficient (Wildman–Crippen LogP) is 4.26. The maximum atomic E-state index is 6.20. The molecule has 1 unspecified atom stereocenters. The van der Waals surface area contributed by atoms with Gasteiger partial charge >= 0.3 is 0 Å². The van der Waals surface area contributed by atoms with Crippen molar-refractivity contribution in [1.82, 2.24) is 4.90 Å². The first-order valence-electron chi connectivity index (χ1n) is 10.0. The zero-order valence-electron chi connectivity index (χ0n) is 17.6. The van der Waals surface area contributed by atoms with Crippen LogP contribution in [0, 0.1) is 5.92 Å². The number of nitrogens with one attached hydrogen (secondary N) is 1. The van der Waals surface area contributed by atoms with Crippen molar-refractivity contribution >= 4 is 35.6 Å². The predicted molar refractivity (Wildman–Crippen MR) is 132 cm³/mol. The summed E-state index contributed by atoms with van der Waals surface area (Å²) in [7, 11) is 1.69. The van der Waals surface area contributed by atoms with Crippen molar-refractivity contribution in [3.05, 3.63) is 65.2 Å². The number of guanidine groups is 1. The van der Waals surface area contributed by atoms with Crippen LogP contribution in [0.3, 0.4) is 0 Å². The second kappa shape index (κ2) is 11.5. The van der Waals surface area contributed by atoms with Crippen LogP contribution in [0.15, 0.2) is 53.5 Å². The maximum Gasteiger partial charge on any atom is 0.193 e. The number of nitrogens with two attached hydrogens (primary N) is 1. The molecule has 6 heteroatoms.